The summed E-state index contributed by atoms with van der Waals surface area (Å²) in [5.41, 5.74) is 0. The van der Waals surface area contributed by atoms with Gasteiger partial charge in [-0.3, -0.25) is 0 Å². The summed E-state index contributed by atoms with van der Waals surface area (Å²) >= 11 is 0. The van der Waals surface area contributed by atoms with Crippen LogP contribution in [0.25, 0.3) is 0 Å². The zero-order chi connectivity index (χ0) is 18.6. The zero-order valence-electron chi connectivity index (χ0n) is 14.6. The molecule has 0 fully saturated rings. The Morgan fingerprint density at radius 3 is 0.955 bits per heavy atom. The van der Waals surface area contributed by atoms with Gasteiger partial charge in [0.05, 0.1) is 50.8 Å². The molecule has 8 heteroatoms. The average molecular weight is 332 g/mol. The second-order valence-electron chi connectivity index (χ2n) is 4.60. The lowest BCUT2D eigenvalue weighted by atomic mass is 10.4. The first-order valence-corrected chi connectivity index (χ1v) is 7.01. The molecule has 0 amide bonds. The number of methoxy groups -OCH3 is 2. The van der Waals surface area contributed by atoms with Crippen LogP contribution in [0.5, 0.6) is 0 Å². The van der Waals surface area contributed by atoms with Gasteiger partial charge in [-0.2, -0.15) is 0 Å². The van der Waals surface area contributed by atoms with Crippen molar-refractivity contribution in [3.8, 4) is 0 Å². The Labute approximate surface area is 133 Å². The fourth-order valence-electron chi connectivity index (χ4n) is 0.303. The Kier molecular flexibility index (Phi) is 34.5. The second kappa shape index (κ2) is 25.6. The Bertz CT molecular complexity index is 146. The molecule has 22 heavy (non-hydrogen) atoms. The van der Waals surface area contributed by atoms with Crippen molar-refractivity contribution in [3.63, 3.8) is 0 Å². The average Bonchev–Trinajstić information content (AvgIpc) is 2.49. The van der Waals surface area contributed by atoms with Crippen LogP contribution in [0, 0.1) is 0 Å². The van der Waals surface area contributed by atoms with Crippen LogP contribution in [0.3, 0.4) is 0 Å². The van der Waals surface area contributed by atoms with Crippen molar-refractivity contribution in [2.24, 2.45) is 0 Å². The van der Waals surface area contributed by atoms with Crippen LogP contribution < -0.4 is 0 Å². The molecule has 4 unspecified atom stereocenters. The van der Waals surface area contributed by atoms with Gasteiger partial charge in [-0.05, 0) is 27.7 Å². The summed E-state index contributed by atoms with van der Waals surface area (Å²) in [4.78, 5) is 0. The number of ether oxygens (including phenoxy) is 2. The Balaban J connectivity index is -0.0000000995. The predicted molar refractivity (Wildman–Crippen MR) is 84.6 cm³/mol. The molecule has 0 aromatic heterocycles. The molecule has 0 aliphatic carbocycles. The summed E-state index contributed by atoms with van der Waals surface area (Å²) in [6, 6.07) is 0. The molecule has 0 saturated heterocycles. The van der Waals surface area contributed by atoms with Gasteiger partial charge in [0.15, 0.2) is 0 Å². The molecule has 140 valence electrons. The SMILES string of the molecule is CC(O)CO.CC(O)CO.CC(O)CO.COCC(C)OC. The highest BCUT2D eigenvalue weighted by Crippen LogP contribution is 1.84. The molecule has 0 saturated carbocycles. The number of aliphatic hydroxyl groups excluding tert-OH is 6. The molecule has 0 aliphatic heterocycles. The summed E-state index contributed by atoms with van der Waals surface area (Å²) in [7, 11) is 3.33. The standard InChI is InChI=1S/C5H12O2.3C3H8O2/c1-5(7-3)4-6-2;3*1-3(5)2-4/h5H,4H2,1-3H3;3*3-5H,2H2,1H3. The third-order valence-electron chi connectivity index (χ3n) is 1.60. The molecule has 0 heterocycles. The van der Waals surface area contributed by atoms with Crippen molar-refractivity contribution in [1.29, 1.82) is 0 Å². The van der Waals surface area contributed by atoms with E-state index < -0.39 is 18.3 Å². The van der Waals surface area contributed by atoms with E-state index in [0.717, 1.165) is 0 Å². The zero-order valence-corrected chi connectivity index (χ0v) is 14.6. The maximum absolute atomic E-state index is 8.11. The molecule has 8 nitrogen and oxygen atoms in total. The van der Waals surface area contributed by atoms with E-state index in [4.69, 9.17) is 40.1 Å². The number of aliphatic hydroxyl groups is 6. The minimum Gasteiger partial charge on any atom is -0.394 e. The van der Waals surface area contributed by atoms with Crippen LogP contribution in [0.1, 0.15) is 27.7 Å². The number of hydrogen-bond donors (Lipinski definition) is 6. The van der Waals surface area contributed by atoms with Gasteiger partial charge in [0.1, 0.15) is 0 Å². The molecule has 0 aliphatic rings. The van der Waals surface area contributed by atoms with Gasteiger partial charge in [-0.25, -0.2) is 0 Å². The van der Waals surface area contributed by atoms with Gasteiger partial charge in [0.25, 0.3) is 0 Å². The van der Waals surface area contributed by atoms with Crippen molar-refractivity contribution >= 4 is 0 Å². The van der Waals surface area contributed by atoms with Gasteiger partial charge in [-0.15, -0.1) is 0 Å². The lowest BCUT2D eigenvalue weighted by Gasteiger charge is -2.05. The molecule has 0 rings (SSSR count). The first-order chi connectivity index (χ1) is 10.1. The van der Waals surface area contributed by atoms with Crippen molar-refractivity contribution in [2.75, 3.05) is 40.6 Å². The van der Waals surface area contributed by atoms with E-state index >= 15 is 0 Å². The molecule has 0 spiro atoms. The third kappa shape index (κ3) is 60.2. The summed E-state index contributed by atoms with van der Waals surface area (Å²) in [5, 5.41) is 48.0. The van der Waals surface area contributed by atoms with E-state index in [1.807, 2.05) is 6.92 Å². The van der Waals surface area contributed by atoms with Crippen LogP contribution in [0.4, 0.5) is 0 Å². The summed E-state index contributed by atoms with van der Waals surface area (Å²) in [5.74, 6) is 0. The molecule has 4 atom stereocenters. The molecule has 6 N–H and O–H groups in total. The minimum atomic E-state index is -0.560. The first kappa shape index (κ1) is 29.7. The van der Waals surface area contributed by atoms with E-state index in [2.05, 4.69) is 0 Å². The van der Waals surface area contributed by atoms with Crippen LogP contribution in [0.15, 0.2) is 0 Å². The first-order valence-electron chi connectivity index (χ1n) is 7.01. The molecule has 0 aromatic rings. The van der Waals surface area contributed by atoms with Gasteiger partial charge in [0, 0.05) is 14.2 Å². The van der Waals surface area contributed by atoms with E-state index in [0.29, 0.717) is 6.61 Å². The maximum Gasteiger partial charge on any atom is 0.0776 e. The lowest BCUT2D eigenvalue weighted by Crippen LogP contribution is -2.11. The predicted octanol–water partition coefficient (Wildman–Crippen LogP) is -1.25. The normalized spacial score (nSPS) is 14.7. The molecular formula is C14H36O8. The molecule has 0 aromatic carbocycles. The number of rotatable bonds is 6. The fourth-order valence-corrected chi connectivity index (χ4v) is 0.303. The molecule has 0 bridgehead atoms. The maximum atomic E-state index is 8.11. The highest BCUT2D eigenvalue weighted by molar-refractivity contribution is 4.41. The van der Waals surface area contributed by atoms with Crippen LogP contribution >= 0.6 is 0 Å². The largest absolute Gasteiger partial charge is 0.394 e. The van der Waals surface area contributed by atoms with Gasteiger partial charge < -0.3 is 40.1 Å². The Morgan fingerprint density at radius 2 is 0.909 bits per heavy atom. The third-order valence-corrected chi connectivity index (χ3v) is 1.60. The van der Waals surface area contributed by atoms with Crippen molar-refractivity contribution in [3.05, 3.63) is 0 Å². The lowest BCUT2D eigenvalue weighted by molar-refractivity contribution is 0.0401. The quantitative estimate of drug-likeness (QED) is 0.354. The van der Waals surface area contributed by atoms with Crippen LogP contribution in [0.2, 0.25) is 0 Å². The topological polar surface area (TPSA) is 140 Å². The van der Waals surface area contributed by atoms with Crippen molar-refractivity contribution in [1.82, 2.24) is 0 Å². The fraction of sp³-hybridized carbons (Fsp3) is 1.00. The summed E-state index contributed by atoms with van der Waals surface area (Å²) in [6.07, 6.45) is -1.45. The van der Waals surface area contributed by atoms with E-state index in [1.165, 1.54) is 20.8 Å². The smallest absolute Gasteiger partial charge is 0.0776 e. The molecule has 0 radical (unpaired) electrons. The highest BCUT2D eigenvalue weighted by atomic mass is 16.5. The van der Waals surface area contributed by atoms with E-state index in [-0.39, 0.29) is 25.9 Å². The van der Waals surface area contributed by atoms with Crippen molar-refractivity contribution in [2.45, 2.75) is 52.1 Å². The van der Waals surface area contributed by atoms with Crippen LogP contribution in [-0.4, -0.2) is 95.7 Å². The van der Waals surface area contributed by atoms with E-state index in [1.54, 1.807) is 14.2 Å². The van der Waals surface area contributed by atoms with Gasteiger partial charge >= 0.3 is 0 Å². The minimum absolute atomic E-state index is 0.139. The highest BCUT2D eigenvalue weighted by Gasteiger charge is 1.93. The number of hydrogen-bond acceptors (Lipinski definition) is 8. The van der Waals surface area contributed by atoms with Gasteiger partial charge in [-0.1, -0.05) is 0 Å². The van der Waals surface area contributed by atoms with Crippen molar-refractivity contribution < 1.29 is 40.1 Å². The van der Waals surface area contributed by atoms with E-state index in [9.17, 15) is 0 Å². The summed E-state index contributed by atoms with van der Waals surface area (Å²) in [6.45, 7) is 6.81. The monoisotopic (exact) mass is 332 g/mol. The summed E-state index contributed by atoms with van der Waals surface area (Å²) < 4.78 is 9.64. The van der Waals surface area contributed by atoms with Gasteiger partial charge in [0.2, 0.25) is 0 Å². The Hall–Kier alpha value is -0.320. The second-order valence-corrected chi connectivity index (χ2v) is 4.60. The Morgan fingerprint density at radius 1 is 0.682 bits per heavy atom. The molecular weight excluding hydrogens is 296 g/mol. The van der Waals surface area contributed by atoms with Crippen LogP contribution in [-0.2, 0) is 9.47 Å².